The fourth-order valence-corrected chi connectivity index (χ4v) is 4.54. The van der Waals surface area contributed by atoms with E-state index in [2.05, 4.69) is 41.4 Å². The molecule has 1 N–H and O–H groups in total. The van der Waals surface area contributed by atoms with Crippen LogP contribution in [0.1, 0.15) is 49.8 Å². The molecule has 0 saturated heterocycles. The van der Waals surface area contributed by atoms with Crippen LogP contribution in [0.4, 0.5) is 0 Å². The van der Waals surface area contributed by atoms with E-state index in [4.69, 9.17) is 26.4 Å². The molecule has 1 unspecified atom stereocenters. The monoisotopic (exact) mass is 428 g/mol. The van der Waals surface area contributed by atoms with E-state index in [-0.39, 0.29) is 6.04 Å². The minimum absolute atomic E-state index is 0.134. The van der Waals surface area contributed by atoms with Crippen molar-refractivity contribution in [1.29, 1.82) is 0 Å². The quantitative estimate of drug-likeness (QED) is 0.591. The Morgan fingerprint density at radius 3 is 2.27 bits per heavy atom. The molecular formula is C24H32N2O3S. The molecule has 0 radical (unpaired) electrons. The van der Waals surface area contributed by atoms with Crippen molar-refractivity contribution in [2.24, 2.45) is 0 Å². The molecule has 0 spiro atoms. The summed E-state index contributed by atoms with van der Waals surface area (Å²) in [5, 5.41) is 4.32. The van der Waals surface area contributed by atoms with Crippen LogP contribution in [0.2, 0.25) is 0 Å². The van der Waals surface area contributed by atoms with Gasteiger partial charge >= 0.3 is 0 Å². The number of hydrogen-bond acceptors (Lipinski definition) is 4. The van der Waals surface area contributed by atoms with Crippen LogP contribution in [-0.4, -0.2) is 37.4 Å². The van der Waals surface area contributed by atoms with E-state index in [0.717, 1.165) is 23.5 Å². The van der Waals surface area contributed by atoms with Gasteiger partial charge < -0.3 is 24.4 Å². The highest BCUT2D eigenvalue weighted by atomic mass is 32.1. The normalized spacial score (nSPS) is 14.8. The maximum absolute atomic E-state index is 5.89. The zero-order chi connectivity index (χ0) is 21.5. The summed E-state index contributed by atoms with van der Waals surface area (Å²) in [5.41, 5.74) is 2.24. The van der Waals surface area contributed by atoms with Crippen LogP contribution >= 0.6 is 12.2 Å². The van der Waals surface area contributed by atoms with E-state index in [1.807, 2.05) is 18.2 Å². The zero-order valence-corrected chi connectivity index (χ0v) is 19.1. The molecule has 1 aliphatic rings. The first-order valence-electron chi connectivity index (χ1n) is 10.5. The van der Waals surface area contributed by atoms with Crippen LogP contribution in [0.3, 0.4) is 0 Å². The van der Waals surface area contributed by atoms with Gasteiger partial charge in [0, 0.05) is 18.2 Å². The highest BCUT2D eigenvalue weighted by molar-refractivity contribution is 7.80. The lowest BCUT2D eigenvalue weighted by Crippen LogP contribution is -2.45. The van der Waals surface area contributed by atoms with Gasteiger partial charge in [-0.3, -0.25) is 0 Å². The SMILES string of the molecule is COc1ccc(CN(C(=S)NC(C)c2ccccc2)C2CCCC2)c(OC)c1OC. The first kappa shape index (κ1) is 22.2. The van der Waals surface area contributed by atoms with Gasteiger partial charge in [-0.15, -0.1) is 0 Å². The Morgan fingerprint density at radius 2 is 1.67 bits per heavy atom. The molecule has 0 amide bonds. The van der Waals surface area contributed by atoms with E-state index < -0.39 is 0 Å². The van der Waals surface area contributed by atoms with Gasteiger partial charge in [0.15, 0.2) is 16.6 Å². The molecule has 5 nitrogen and oxygen atoms in total. The number of hydrogen-bond donors (Lipinski definition) is 1. The first-order valence-corrected chi connectivity index (χ1v) is 10.9. The third-order valence-corrected chi connectivity index (χ3v) is 6.14. The maximum atomic E-state index is 5.89. The van der Waals surface area contributed by atoms with Gasteiger partial charge in [0.25, 0.3) is 0 Å². The number of thiocarbonyl (C=S) groups is 1. The molecule has 0 aromatic heterocycles. The van der Waals surface area contributed by atoms with Gasteiger partial charge in [-0.25, -0.2) is 0 Å². The van der Waals surface area contributed by atoms with Crippen molar-refractivity contribution in [3.63, 3.8) is 0 Å². The van der Waals surface area contributed by atoms with Crippen molar-refractivity contribution in [3.05, 3.63) is 53.6 Å². The Bertz CT molecular complexity index is 838. The molecule has 2 aromatic carbocycles. The predicted molar refractivity (Wildman–Crippen MR) is 124 cm³/mol. The summed E-state index contributed by atoms with van der Waals surface area (Å²) in [4.78, 5) is 2.31. The van der Waals surface area contributed by atoms with Gasteiger partial charge in [-0.2, -0.15) is 0 Å². The lowest BCUT2D eigenvalue weighted by Gasteiger charge is -2.34. The molecular weight excluding hydrogens is 396 g/mol. The molecule has 162 valence electrons. The smallest absolute Gasteiger partial charge is 0.203 e. The largest absolute Gasteiger partial charge is 0.493 e. The lowest BCUT2D eigenvalue weighted by atomic mass is 10.1. The molecule has 1 saturated carbocycles. The number of rotatable bonds is 8. The van der Waals surface area contributed by atoms with Crippen LogP contribution in [-0.2, 0) is 6.54 Å². The zero-order valence-electron chi connectivity index (χ0n) is 18.3. The second-order valence-electron chi connectivity index (χ2n) is 7.64. The third-order valence-electron chi connectivity index (χ3n) is 5.79. The summed E-state index contributed by atoms with van der Waals surface area (Å²) < 4.78 is 16.7. The molecule has 6 heteroatoms. The molecule has 1 aliphatic carbocycles. The lowest BCUT2D eigenvalue weighted by molar-refractivity contribution is 0.287. The van der Waals surface area contributed by atoms with Crippen molar-refractivity contribution in [3.8, 4) is 17.2 Å². The van der Waals surface area contributed by atoms with Crippen LogP contribution in [0.15, 0.2) is 42.5 Å². The van der Waals surface area contributed by atoms with Crippen molar-refractivity contribution in [1.82, 2.24) is 10.2 Å². The second kappa shape index (κ2) is 10.5. The minimum atomic E-state index is 0.134. The Balaban J connectivity index is 1.85. The van der Waals surface area contributed by atoms with Crippen molar-refractivity contribution in [2.45, 2.75) is 51.2 Å². The standard InChI is InChI=1S/C24H32N2O3S/c1-17(18-10-6-5-7-11-18)25-24(30)26(20-12-8-9-13-20)16-19-14-15-21(27-2)23(29-4)22(19)28-3/h5-7,10-11,14-15,17,20H,8-9,12-13,16H2,1-4H3,(H,25,30). The van der Waals surface area contributed by atoms with Crippen LogP contribution in [0.25, 0.3) is 0 Å². The molecule has 2 aromatic rings. The predicted octanol–water partition coefficient (Wildman–Crippen LogP) is 5.09. The number of methoxy groups -OCH3 is 3. The Morgan fingerprint density at radius 1 is 1.00 bits per heavy atom. The summed E-state index contributed by atoms with van der Waals surface area (Å²) in [6, 6.07) is 14.9. The van der Waals surface area contributed by atoms with E-state index >= 15 is 0 Å². The number of benzene rings is 2. The highest BCUT2D eigenvalue weighted by Crippen LogP contribution is 2.40. The number of ether oxygens (including phenoxy) is 3. The summed E-state index contributed by atoms with van der Waals surface area (Å²) in [7, 11) is 4.92. The third kappa shape index (κ3) is 4.98. The summed E-state index contributed by atoms with van der Waals surface area (Å²) in [6.45, 7) is 2.80. The second-order valence-corrected chi connectivity index (χ2v) is 8.03. The number of nitrogens with one attached hydrogen (secondary N) is 1. The molecule has 0 bridgehead atoms. The minimum Gasteiger partial charge on any atom is -0.493 e. The highest BCUT2D eigenvalue weighted by Gasteiger charge is 2.27. The molecule has 1 fully saturated rings. The van der Waals surface area contributed by atoms with E-state index in [1.54, 1.807) is 21.3 Å². The fourth-order valence-electron chi connectivity index (χ4n) is 4.15. The molecule has 1 atom stereocenters. The topological polar surface area (TPSA) is 43.0 Å². The Labute approximate surface area is 185 Å². The van der Waals surface area contributed by atoms with Crippen molar-refractivity contribution >= 4 is 17.3 Å². The summed E-state index contributed by atoms with van der Waals surface area (Å²) >= 11 is 5.89. The molecule has 0 aliphatic heterocycles. The van der Waals surface area contributed by atoms with Crippen molar-refractivity contribution in [2.75, 3.05) is 21.3 Å². The summed E-state index contributed by atoms with van der Waals surface area (Å²) in [5.74, 6) is 1.96. The van der Waals surface area contributed by atoms with Crippen LogP contribution < -0.4 is 19.5 Å². The van der Waals surface area contributed by atoms with Gasteiger partial charge in [0.2, 0.25) is 5.75 Å². The average molecular weight is 429 g/mol. The maximum Gasteiger partial charge on any atom is 0.203 e. The van der Waals surface area contributed by atoms with Crippen molar-refractivity contribution < 1.29 is 14.2 Å². The van der Waals surface area contributed by atoms with Gasteiger partial charge in [-0.05, 0) is 49.7 Å². The molecule has 0 heterocycles. The summed E-state index contributed by atoms with van der Waals surface area (Å²) in [6.07, 6.45) is 4.77. The van der Waals surface area contributed by atoms with Crippen LogP contribution in [0.5, 0.6) is 17.2 Å². The van der Waals surface area contributed by atoms with E-state index in [0.29, 0.717) is 29.8 Å². The Hall–Kier alpha value is -2.47. The van der Waals surface area contributed by atoms with E-state index in [9.17, 15) is 0 Å². The molecule has 3 rings (SSSR count). The van der Waals surface area contributed by atoms with E-state index in [1.165, 1.54) is 18.4 Å². The van der Waals surface area contributed by atoms with Gasteiger partial charge in [-0.1, -0.05) is 43.2 Å². The number of nitrogens with zero attached hydrogens (tertiary/aromatic N) is 1. The first-order chi connectivity index (χ1) is 14.6. The average Bonchev–Trinajstić information content (AvgIpc) is 3.31. The Kier molecular flexibility index (Phi) is 7.80. The molecule has 30 heavy (non-hydrogen) atoms. The van der Waals surface area contributed by atoms with Crippen LogP contribution in [0, 0.1) is 0 Å². The van der Waals surface area contributed by atoms with Gasteiger partial charge in [0.1, 0.15) is 0 Å². The fraction of sp³-hybridized carbons (Fsp3) is 0.458. The van der Waals surface area contributed by atoms with Gasteiger partial charge in [0.05, 0.1) is 27.4 Å².